The van der Waals surface area contributed by atoms with Crippen molar-refractivity contribution in [2.75, 3.05) is 18.6 Å². The summed E-state index contributed by atoms with van der Waals surface area (Å²) in [5.41, 5.74) is 5.24. The number of unbranched alkanes of at least 4 members (excludes halogenated alkanes) is 2. The number of hydrogen-bond donors (Lipinski definition) is 2. The fourth-order valence-electron chi connectivity index (χ4n) is 2.48. The highest BCUT2D eigenvalue weighted by Gasteiger charge is 2.39. The standard InChI is InChI=1S/C15H30N2OS2/c1-4-9-15(10-5-2,13(16)19)14(18)17-11-7-6-8-12-20-3/h4-12H2,1-3H3,(H2,16,19)(H,17,18). The van der Waals surface area contributed by atoms with Gasteiger partial charge >= 0.3 is 0 Å². The fourth-order valence-corrected chi connectivity index (χ4v) is 3.27. The van der Waals surface area contributed by atoms with Gasteiger partial charge in [-0.05, 0) is 37.7 Å². The highest BCUT2D eigenvalue weighted by atomic mass is 32.2. The maximum absolute atomic E-state index is 12.5. The Balaban J connectivity index is 4.37. The number of nitrogens with one attached hydrogen (secondary N) is 1. The molecule has 0 spiro atoms. The fraction of sp³-hybridized carbons (Fsp3) is 0.867. The number of rotatable bonds is 12. The van der Waals surface area contributed by atoms with Crippen LogP contribution in [-0.4, -0.2) is 29.4 Å². The molecule has 1 amide bonds. The second-order valence-corrected chi connectivity index (χ2v) is 6.68. The zero-order chi connectivity index (χ0) is 15.4. The van der Waals surface area contributed by atoms with Crippen LogP contribution in [0.15, 0.2) is 0 Å². The van der Waals surface area contributed by atoms with Crippen LogP contribution in [0.25, 0.3) is 0 Å². The van der Waals surface area contributed by atoms with Gasteiger partial charge in [0.2, 0.25) is 5.91 Å². The lowest BCUT2D eigenvalue weighted by Gasteiger charge is -2.31. The Morgan fingerprint density at radius 3 is 2.25 bits per heavy atom. The summed E-state index contributed by atoms with van der Waals surface area (Å²) in [6, 6.07) is 0. The van der Waals surface area contributed by atoms with Crippen LogP contribution in [-0.2, 0) is 4.79 Å². The largest absolute Gasteiger partial charge is 0.392 e. The molecule has 0 rings (SSSR count). The van der Waals surface area contributed by atoms with Gasteiger partial charge in [-0.1, -0.05) is 45.3 Å². The van der Waals surface area contributed by atoms with Gasteiger partial charge in [-0.25, -0.2) is 0 Å². The van der Waals surface area contributed by atoms with Crippen LogP contribution >= 0.6 is 24.0 Å². The van der Waals surface area contributed by atoms with Crippen molar-refractivity contribution < 1.29 is 4.79 Å². The van der Waals surface area contributed by atoms with E-state index >= 15 is 0 Å². The number of thiocarbonyl (C=S) groups is 1. The predicted octanol–water partition coefficient (Wildman–Crippen LogP) is 3.51. The molecule has 0 heterocycles. The molecular formula is C15H30N2OS2. The Morgan fingerprint density at radius 2 is 1.80 bits per heavy atom. The van der Waals surface area contributed by atoms with E-state index in [9.17, 15) is 4.79 Å². The van der Waals surface area contributed by atoms with Crippen LogP contribution < -0.4 is 11.1 Å². The quantitative estimate of drug-likeness (QED) is 0.427. The van der Waals surface area contributed by atoms with E-state index in [1.807, 2.05) is 11.8 Å². The smallest absolute Gasteiger partial charge is 0.233 e. The van der Waals surface area contributed by atoms with E-state index in [1.165, 1.54) is 12.2 Å². The summed E-state index contributed by atoms with van der Waals surface area (Å²) in [6.07, 6.45) is 8.83. The molecule has 0 atom stereocenters. The Bertz CT molecular complexity index is 290. The molecule has 3 N–H and O–H groups in total. The molecule has 20 heavy (non-hydrogen) atoms. The van der Waals surface area contributed by atoms with Crippen molar-refractivity contribution in [3.63, 3.8) is 0 Å². The van der Waals surface area contributed by atoms with Crippen molar-refractivity contribution in [2.24, 2.45) is 11.1 Å². The molecule has 0 fully saturated rings. The molecule has 0 aromatic rings. The van der Waals surface area contributed by atoms with Gasteiger partial charge in [0.15, 0.2) is 0 Å². The van der Waals surface area contributed by atoms with E-state index in [0.717, 1.165) is 45.1 Å². The van der Waals surface area contributed by atoms with Gasteiger partial charge < -0.3 is 11.1 Å². The molecular weight excluding hydrogens is 288 g/mol. The first-order valence-corrected chi connectivity index (χ1v) is 9.42. The van der Waals surface area contributed by atoms with Crippen LogP contribution in [0, 0.1) is 5.41 Å². The summed E-state index contributed by atoms with van der Waals surface area (Å²) >= 11 is 7.05. The summed E-state index contributed by atoms with van der Waals surface area (Å²) < 4.78 is 0. The Labute approximate surface area is 133 Å². The molecule has 118 valence electrons. The van der Waals surface area contributed by atoms with Crippen LogP contribution in [0.5, 0.6) is 0 Å². The summed E-state index contributed by atoms with van der Waals surface area (Å²) in [5.74, 6) is 1.22. The SMILES string of the molecule is CCCC(CCC)(C(=O)NCCCCCSC)C(N)=S. The second-order valence-electron chi connectivity index (χ2n) is 5.26. The van der Waals surface area contributed by atoms with Crippen LogP contribution in [0.3, 0.4) is 0 Å². The summed E-state index contributed by atoms with van der Waals surface area (Å²) in [6.45, 7) is 4.86. The van der Waals surface area contributed by atoms with Crippen LogP contribution in [0.1, 0.15) is 58.8 Å². The average Bonchev–Trinajstić information content (AvgIpc) is 2.41. The van der Waals surface area contributed by atoms with Gasteiger partial charge in [-0.2, -0.15) is 11.8 Å². The van der Waals surface area contributed by atoms with Gasteiger partial charge in [-0.3, -0.25) is 4.79 Å². The van der Waals surface area contributed by atoms with E-state index in [0.29, 0.717) is 4.99 Å². The van der Waals surface area contributed by atoms with Crippen LogP contribution in [0.4, 0.5) is 0 Å². The predicted molar refractivity (Wildman–Crippen MR) is 94.3 cm³/mol. The third kappa shape index (κ3) is 6.44. The Kier molecular flexibility index (Phi) is 11.2. The molecule has 0 radical (unpaired) electrons. The summed E-state index contributed by atoms with van der Waals surface area (Å²) in [7, 11) is 0. The third-order valence-corrected chi connectivity index (χ3v) is 4.66. The first-order chi connectivity index (χ1) is 9.55. The van der Waals surface area contributed by atoms with Gasteiger partial charge in [0.1, 0.15) is 0 Å². The zero-order valence-corrected chi connectivity index (χ0v) is 14.8. The van der Waals surface area contributed by atoms with E-state index in [2.05, 4.69) is 25.4 Å². The molecule has 0 saturated carbocycles. The van der Waals surface area contributed by atoms with E-state index in [4.69, 9.17) is 18.0 Å². The number of carbonyl (C=O) groups is 1. The first-order valence-electron chi connectivity index (χ1n) is 7.62. The lowest BCUT2D eigenvalue weighted by molar-refractivity contribution is -0.128. The minimum atomic E-state index is -0.641. The molecule has 0 unspecified atom stereocenters. The lowest BCUT2D eigenvalue weighted by atomic mass is 9.78. The van der Waals surface area contributed by atoms with Crippen molar-refractivity contribution >= 4 is 34.9 Å². The molecule has 0 aromatic carbocycles. The van der Waals surface area contributed by atoms with Crippen molar-refractivity contribution in [3.05, 3.63) is 0 Å². The van der Waals surface area contributed by atoms with Gasteiger partial charge in [-0.15, -0.1) is 0 Å². The Morgan fingerprint density at radius 1 is 1.20 bits per heavy atom. The van der Waals surface area contributed by atoms with Gasteiger partial charge in [0, 0.05) is 6.54 Å². The monoisotopic (exact) mass is 318 g/mol. The van der Waals surface area contributed by atoms with Crippen molar-refractivity contribution in [1.82, 2.24) is 5.32 Å². The topological polar surface area (TPSA) is 55.1 Å². The molecule has 5 heteroatoms. The molecule has 0 aromatic heterocycles. The summed E-state index contributed by atoms with van der Waals surface area (Å²) in [4.78, 5) is 12.8. The number of nitrogens with two attached hydrogens (primary N) is 1. The minimum Gasteiger partial charge on any atom is -0.392 e. The highest BCUT2D eigenvalue weighted by Crippen LogP contribution is 2.30. The molecule has 0 aliphatic carbocycles. The maximum atomic E-state index is 12.5. The number of amides is 1. The third-order valence-electron chi connectivity index (χ3n) is 3.57. The van der Waals surface area contributed by atoms with Crippen molar-refractivity contribution in [1.29, 1.82) is 0 Å². The molecule has 0 aliphatic rings. The first kappa shape index (κ1) is 19.7. The molecule has 3 nitrogen and oxygen atoms in total. The maximum Gasteiger partial charge on any atom is 0.233 e. The van der Waals surface area contributed by atoms with Gasteiger partial charge in [0.05, 0.1) is 10.4 Å². The van der Waals surface area contributed by atoms with Crippen LogP contribution in [0.2, 0.25) is 0 Å². The Hall–Kier alpha value is -0.290. The lowest BCUT2D eigenvalue weighted by Crippen LogP contribution is -2.49. The van der Waals surface area contributed by atoms with Crippen molar-refractivity contribution in [2.45, 2.75) is 58.8 Å². The number of thioether (sulfide) groups is 1. The normalized spacial score (nSPS) is 11.3. The highest BCUT2D eigenvalue weighted by molar-refractivity contribution is 7.98. The van der Waals surface area contributed by atoms with Crippen molar-refractivity contribution in [3.8, 4) is 0 Å². The molecule has 0 aliphatic heterocycles. The number of carbonyl (C=O) groups excluding carboxylic acids is 1. The van der Waals surface area contributed by atoms with Gasteiger partial charge in [0.25, 0.3) is 0 Å². The van der Waals surface area contributed by atoms with E-state index in [1.54, 1.807) is 0 Å². The molecule has 0 saturated heterocycles. The molecule has 0 bridgehead atoms. The zero-order valence-electron chi connectivity index (χ0n) is 13.2. The van der Waals surface area contributed by atoms with E-state index in [-0.39, 0.29) is 5.91 Å². The second kappa shape index (κ2) is 11.4. The van der Waals surface area contributed by atoms with E-state index < -0.39 is 5.41 Å². The average molecular weight is 319 g/mol. The summed E-state index contributed by atoms with van der Waals surface area (Å²) in [5, 5.41) is 3.04. The number of hydrogen-bond acceptors (Lipinski definition) is 3. The minimum absolute atomic E-state index is 0.0265.